The third-order valence-corrected chi connectivity index (χ3v) is 3.67. The Morgan fingerprint density at radius 3 is 3.00 bits per heavy atom. The minimum Gasteiger partial charge on any atom is -0.478 e. The molecular weight excluding hydrogens is 226 g/mol. The number of carbonyl (C=O) groups is 1. The number of aromatic carboxylic acids is 1. The van der Waals surface area contributed by atoms with Crippen LogP contribution >= 0.6 is 0 Å². The highest BCUT2D eigenvalue weighted by Crippen LogP contribution is 2.27. The molecule has 0 aromatic heterocycles. The van der Waals surface area contributed by atoms with Crippen LogP contribution < -0.4 is 4.90 Å². The van der Waals surface area contributed by atoms with Crippen LogP contribution in [-0.4, -0.2) is 23.7 Å². The molecule has 1 aromatic rings. The highest BCUT2D eigenvalue weighted by Gasteiger charge is 2.22. The van der Waals surface area contributed by atoms with Gasteiger partial charge in [-0.2, -0.15) is 0 Å². The summed E-state index contributed by atoms with van der Waals surface area (Å²) >= 11 is 0. The molecule has 0 bridgehead atoms. The van der Waals surface area contributed by atoms with Crippen molar-refractivity contribution in [2.45, 2.75) is 45.1 Å². The van der Waals surface area contributed by atoms with Crippen LogP contribution in [0.15, 0.2) is 24.3 Å². The molecule has 1 aromatic carbocycles. The summed E-state index contributed by atoms with van der Waals surface area (Å²) in [6, 6.07) is 7.91. The topological polar surface area (TPSA) is 40.5 Å². The van der Waals surface area contributed by atoms with Gasteiger partial charge in [-0.25, -0.2) is 4.79 Å². The fourth-order valence-corrected chi connectivity index (χ4v) is 2.79. The average Bonchev–Trinajstić information content (AvgIpc) is 2.40. The molecular formula is C15H21NO2. The molecule has 1 atom stereocenters. The lowest BCUT2D eigenvalue weighted by Gasteiger charge is -2.37. The summed E-state index contributed by atoms with van der Waals surface area (Å²) in [6.07, 6.45) is 6.10. The highest BCUT2D eigenvalue weighted by molar-refractivity contribution is 5.88. The third kappa shape index (κ3) is 2.84. The Labute approximate surface area is 108 Å². The van der Waals surface area contributed by atoms with E-state index in [2.05, 4.69) is 11.8 Å². The van der Waals surface area contributed by atoms with Gasteiger partial charge in [0.1, 0.15) is 0 Å². The van der Waals surface area contributed by atoms with Crippen molar-refractivity contribution in [3.8, 4) is 0 Å². The summed E-state index contributed by atoms with van der Waals surface area (Å²) in [6.45, 7) is 3.26. The maximum absolute atomic E-state index is 11.0. The lowest BCUT2D eigenvalue weighted by molar-refractivity contribution is 0.0697. The molecule has 0 radical (unpaired) electrons. The van der Waals surface area contributed by atoms with Gasteiger partial charge in [-0.05, 0) is 43.9 Å². The Bertz CT molecular complexity index is 415. The molecule has 1 fully saturated rings. The van der Waals surface area contributed by atoms with Crippen molar-refractivity contribution < 1.29 is 9.90 Å². The molecule has 0 saturated carbocycles. The van der Waals surface area contributed by atoms with Crippen molar-refractivity contribution in [1.82, 2.24) is 0 Å². The van der Waals surface area contributed by atoms with Gasteiger partial charge in [-0.3, -0.25) is 0 Å². The summed E-state index contributed by atoms with van der Waals surface area (Å²) in [5.41, 5.74) is 1.45. The van der Waals surface area contributed by atoms with Gasteiger partial charge in [0.15, 0.2) is 0 Å². The van der Waals surface area contributed by atoms with E-state index in [0.717, 1.165) is 12.2 Å². The molecule has 3 heteroatoms. The lowest BCUT2D eigenvalue weighted by atomic mass is 9.97. The van der Waals surface area contributed by atoms with Gasteiger partial charge in [-0.1, -0.05) is 19.4 Å². The molecule has 2 rings (SSSR count). The molecule has 98 valence electrons. The second-order valence-corrected chi connectivity index (χ2v) is 4.99. The van der Waals surface area contributed by atoms with Crippen LogP contribution in [0.2, 0.25) is 0 Å². The van der Waals surface area contributed by atoms with Crippen molar-refractivity contribution in [1.29, 1.82) is 0 Å². The molecule has 3 nitrogen and oxygen atoms in total. The second kappa shape index (κ2) is 5.89. The van der Waals surface area contributed by atoms with Crippen LogP contribution in [0.1, 0.15) is 49.4 Å². The van der Waals surface area contributed by atoms with Gasteiger partial charge in [0.2, 0.25) is 0 Å². The number of rotatable bonds is 4. The fraction of sp³-hybridized carbons (Fsp3) is 0.533. The number of nitrogens with zero attached hydrogens (tertiary/aromatic N) is 1. The van der Waals surface area contributed by atoms with Crippen molar-refractivity contribution >= 4 is 11.7 Å². The van der Waals surface area contributed by atoms with Crippen molar-refractivity contribution in [3.63, 3.8) is 0 Å². The summed E-state index contributed by atoms with van der Waals surface area (Å²) < 4.78 is 0. The Morgan fingerprint density at radius 2 is 2.28 bits per heavy atom. The fourth-order valence-electron chi connectivity index (χ4n) is 2.79. The second-order valence-electron chi connectivity index (χ2n) is 4.99. The van der Waals surface area contributed by atoms with E-state index >= 15 is 0 Å². The van der Waals surface area contributed by atoms with E-state index in [1.54, 1.807) is 12.1 Å². The van der Waals surface area contributed by atoms with Gasteiger partial charge < -0.3 is 10.0 Å². The quantitative estimate of drug-likeness (QED) is 0.884. The van der Waals surface area contributed by atoms with Crippen LogP contribution in [-0.2, 0) is 0 Å². The van der Waals surface area contributed by atoms with E-state index < -0.39 is 5.97 Å². The normalized spacial score (nSPS) is 19.8. The van der Waals surface area contributed by atoms with E-state index in [-0.39, 0.29) is 0 Å². The monoisotopic (exact) mass is 247 g/mol. The van der Waals surface area contributed by atoms with Gasteiger partial charge in [0, 0.05) is 18.3 Å². The predicted octanol–water partition coefficient (Wildman–Crippen LogP) is 3.54. The van der Waals surface area contributed by atoms with Gasteiger partial charge in [-0.15, -0.1) is 0 Å². The highest BCUT2D eigenvalue weighted by atomic mass is 16.4. The summed E-state index contributed by atoms with van der Waals surface area (Å²) in [7, 11) is 0. The molecule has 0 amide bonds. The smallest absolute Gasteiger partial charge is 0.335 e. The zero-order valence-electron chi connectivity index (χ0n) is 10.9. The Kier molecular flexibility index (Phi) is 4.24. The van der Waals surface area contributed by atoms with Gasteiger partial charge >= 0.3 is 5.97 Å². The minimum absolute atomic E-state index is 0.383. The number of carboxylic acid groups (broad SMARTS) is 1. The Balaban J connectivity index is 2.22. The maximum atomic E-state index is 11.0. The van der Waals surface area contributed by atoms with Gasteiger partial charge in [0.05, 0.1) is 5.56 Å². The molecule has 1 aliphatic rings. The molecule has 18 heavy (non-hydrogen) atoms. The first-order valence-corrected chi connectivity index (χ1v) is 6.82. The standard InChI is InChI=1S/C15H21NO2/c1-2-6-13-8-3-4-10-16(13)14-9-5-7-12(11-14)15(17)18/h5,7,9,11,13H,2-4,6,8,10H2,1H3,(H,17,18). The first-order chi connectivity index (χ1) is 8.72. The van der Waals surface area contributed by atoms with E-state index in [1.165, 1.54) is 32.1 Å². The number of hydrogen-bond donors (Lipinski definition) is 1. The van der Waals surface area contributed by atoms with Crippen molar-refractivity contribution in [3.05, 3.63) is 29.8 Å². The lowest BCUT2D eigenvalue weighted by Crippen LogP contribution is -2.39. The van der Waals surface area contributed by atoms with Crippen molar-refractivity contribution in [2.75, 3.05) is 11.4 Å². The van der Waals surface area contributed by atoms with Crippen LogP contribution in [0.5, 0.6) is 0 Å². The third-order valence-electron chi connectivity index (χ3n) is 3.67. The van der Waals surface area contributed by atoms with E-state index in [0.29, 0.717) is 11.6 Å². The minimum atomic E-state index is -0.846. The molecule has 1 heterocycles. The predicted molar refractivity (Wildman–Crippen MR) is 73.3 cm³/mol. The van der Waals surface area contributed by atoms with E-state index in [4.69, 9.17) is 5.11 Å². The summed E-state index contributed by atoms with van der Waals surface area (Å²) in [4.78, 5) is 13.4. The zero-order chi connectivity index (χ0) is 13.0. The number of anilines is 1. The average molecular weight is 247 g/mol. The largest absolute Gasteiger partial charge is 0.478 e. The number of hydrogen-bond acceptors (Lipinski definition) is 2. The molecule has 1 N–H and O–H groups in total. The summed E-state index contributed by atoms with van der Waals surface area (Å²) in [5, 5.41) is 9.06. The SMILES string of the molecule is CCCC1CCCCN1c1cccc(C(=O)O)c1. The molecule has 1 aliphatic heterocycles. The maximum Gasteiger partial charge on any atom is 0.335 e. The Morgan fingerprint density at radius 1 is 1.44 bits per heavy atom. The zero-order valence-corrected chi connectivity index (χ0v) is 10.9. The first kappa shape index (κ1) is 12.9. The van der Waals surface area contributed by atoms with E-state index in [1.807, 2.05) is 12.1 Å². The Hall–Kier alpha value is -1.51. The van der Waals surface area contributed by atoms with Crippen LogP contribution in [0.3, 0.4) is 0 Å². The molecule has 0 aliphatic carbocycles. The number of piperidine rings is 1. The van der Waals surface area contributed by atoms with Crippen molar-refractivity contribution in [2.24, 2.45) is 0 Å². The molecule has 1 unspecified atom stereocenters. The first-order valence-electron chi connectivity index (χ1n) is 6.82. The van der Waals surface area contributed by atoms with Crippen LogP contribution in [0.25, 0.3) is 0 Å². The summed E-state index contributed by atoms with van der Waals surface area (Å²) in [5.74, 6) is -0.846. The number of carboxylic acids is 1. The van der Waals surface area contributed by atoms with Crippen LogP contribution in [0.4, 0.5) is 5.69 Å². The van der Waals surface area contributed by atoms with Gasteiger partial charge in [0.25, 0.3) is 0 Å². The van der Waals surface area contributed by atoms with Crippen LogP contribution in [0, 0.1) is 0 Å². The molecule has 1 saturated heterocycles. The molecule has 0 spiro atoms. The van der Waals surface area contributed by atoms with E-state index in [9.17, 15) is 4.79 Å². The number of benzene rings is 1.